The number of carbonyl (C=O) groups is 2. The number of amides is 2. The lowest BCUT2D eigenvalue weighted by Crippen LogP contribution is -2.38. The molecule has 1 N–H and O–H groups in total. The van der Waals surface area contributed by atoms with Crippen LogP contribution in [-0.4, -0.2) is 70.8 Å². The normalized spacial score (nSPS) is 15.6. The molecule has 2 amide bonds. The molecule has 0 spiro atoms. The van der Waals surface area contributed by atoms with Gasteiger partial charge in [0.25, 0.3) is 5.91 Å². The number of aromatic nitrogens is 3. The number of nitrogens with one attached hydrogen (secondary N) is 1. The maximum absolute atomic E-state index is 13.9. The molecule has 1 aromatic carbocycles. The predicted octanol–water partition coefficient (Wildman–Crippen LogP) is 3.25. The smallest absolute Gasteiger partial charge is 0.256 e. The Kier molecular flexibility index (Phi) is 7.54. The van der Waals surface area contributed by atoms with Gasteiger partial charge in [-0.15, -0.1) is 0 Å². The van der Waals surface area contributed by atoms with Gasteiger partial charge in [0.2, 0.25) is 5.91 Å². The second kappa shape index (κ2) is 10.8. The van der Waals surface area contributed by atoms with Gasteiger partial charge in [-0.2, -0.15) is 0 Å². The predicted molar refractivity (Wildman–Crippen MR) is 130 cm³/mol. The van der Waals surface area contributed by atoms with Crippen molar-refractivity contribution in [3.8, 4) is 11.4 Å². The molecule has 3 heterocycles. The van der Waals surface area contributed by atoms with E-state index in [0.29, 0.717) is 35.7 Å². The Morgan fingerprint density at radius 2 is 2.09 bits per heavy atom. The Morgan fingerprint density at radius 1 is 1.29 bits per heavy atom. The zero-order valence-corrected chi connectivity index (χ0v) is 19.9. The zero-order chi connectivity index (χ0) is 24.1. The molecule has 0 aliphatic carbocycles. The van der Waals surface area contributed by atoms with E-state index in [1.807, 2.05) is 28.6 Å². The fourth-order valence-electron chi connectivity index (χ4n) is 4.42. The highest BCUT2D eigenvalue weighted by Gasteiger charge is 2.26. The largest absolute Gasteiger partial charge is 0.376 e. The third-order valence-corrected chi connectivity index (χ3v) is 5.93. The van der Waals surface area contributed by atoms with Crippen LogP contribution in [0.5, 0.6) is 0 Å². The molecule has 0 bridgehead atoms. The minimum absolute atomic E-state index is 0.0505. The summed E-state index contributed by atoms with van der Waals surface area (Å²) >= 11 is 0. The van der Waals surface area contributed by atoms with Gasteiger partial charge in [0.15, 0.2) is 0 Å². The summed E-state index contributed by atoms with van der Waals surface area (Å²) < 4.78 is 12.7. The van der Waals surface area contributed by atoms with Gasteiger partial charge in [-0.3, -0.25) is 14.6 Å². The number of hydrogen-bond donors (Lipinski definition) is 1. The second-order valence-corrected chi connectivity index (χ2v) is 8.49. The van der Waals surface area contributed by atoms with Gasteiger partial charge in [-0.1, -0.05) is 6.92 Å². The molecule has 180 valence electrons. The summed E-state index contributed by atoms with van der Waals surface area (Å²) in [7, 11) is 3.36. The Bertz CT molecular complexity index is 1160. The first kappa shape index (κ1) is 23.8. The number of fused-ring (bicyclic) bond motifs is 1. The zero-order valence-electron chi connectivity index (χ0n) is 19.9. The van der Waals surface area contributed by atoms with Crippen LogP contribution >= 0.6 is 0 Å². The van der Waals surface area contributed by atoms with Crippen molar-refractivity contribution in [2.75, 3.05) is 38.7 Å². The van der Waals surface area contributed by atoms with Gasteiger partial charge < -0.3 is 24.3 Å². The molecule has 1 unspecified atom stereocenters. The van der Waals surface area contributed by atoms with E-state index in [-0.39, 0.29) is 24.5 Å². The van der Waals surface area contributed by atoms with Crippen LogP contribution in [0.15, 0.2) is 36.7 Å². The molecule has 4 rings (SSSR count). The van der Waals surface area contributed by atoms with Crippen molar-refractivity contribution < 1.29 is 19.1 Å². The molecule has 2 aromatic heterocycles. The van der Waals surface area contributed by atoms with Crippen LogP contribution in [-0.2, 0) is 21.3 Å². The summed E-state index contributed by atoms with van der Waals surface area (Å²) in [4.78, 5) is 36.8. The number of carbonyl (C=O) groups excluding carboxylic acids is 2. The summed E-state index contributed by atoms with van der Waals surface area (Å²) in [5, 5.41) is 2.82. The minimum atomic E-state index is -0.296. The molecule has 9 nitrogen and oxygen atoms in total. The molecule has 34 heavy (non-hydrogen) atoms. The number of ether oxygens (including phenoxy) is 2. The number of anilines is 1. The van der Waals surface area contributed by atoms with E-state index in [1.54, 1.807) is 24.5 Å². The Labute approximate surface area is 199 Å². The SMILES string of the molecule is CCCN(CC1CCCO1)C(=O)c1cc(NC(=O)COC)cc2nc(-c3ccncc3)n(C)c12. The monoisotopic (exact) mass is 465 g/mol. The van der Waals surface area contributed by atoms with Crippen molar-refractivity contribution in [1.82, 2.24) is 19.4 Å². The Hall–Kier alpha value is -3.30. The molecule has 0 radical (unpaired) electrons. The van der Waals surface area contributed by atoms with Gasteiger partial charge in [-0.25, -0.2) is 4.98 Å². The van der Waals surface area contributed by atoms with Gasteiger partial charge in [0.05, 0.1) is 22.7 Å². The number of methoxy groups -OCH3 is 1. The molecule has 1 fully saturated rings. The average Bonchev–Trinajstić information content (AvgIpc) is 3.46. The van der Waals surface area contributed by atoms with Crippen molar-refractivity contribution in [3.05, 3.63) is 42.2 Å². The van der Waals surface area contributed by atoms with Gasteiger partial charge >= 0.3 is 0 Å². The van der Waals surface area contributed by atoms with E-state index in [9.17, 15) is 9.59 Å². The minimum Gasteiger partial charge on any atom is -0.376 e. The maximum Gasteiger partial charge on any atom is 0.256 e. The number of pyridine rings is 1. The number of hydrogen-bond acceptors (Lipinski definition) is 6. The van der Waals surface area contributed by atoms with E-state index in [0.717, 1.165) is 36.9 Å². The molecule has 1 aliphatic rings. The third kappa shape index (κ3) is 5.10. The number of benzene rings is 1. The summed E-state index contributed by atoms with van der Waals surface area (Å²) in [5.74, 6) is 0.317. The first-order valence-electron chi connectivity index (χ1n) is 11.6. The Balaban J connectivity index is 1.80. The lowest BCUT2D eigenvalue weighted by Gasteiger charge is -2.26. The van der Waals surface area contributed by atoms with Crippen molar-refractivity contribution in [3.63, 3.8) is 0 Å². The van der Waals surface area contributed by atoms with Crippen LogP contribution in [0.4, 0.5) is 5.69 Å². The average molecular weight is 466 g/mol. The van der Waals surface area contributed by atoms with Crippen LogP contribution in [0.1, 0.15) is 36.5 Å². The Morgan fingerprint density at radius 3 is 2.76 bits per heavy atom. The third-order valence-electron chi connectivity index (χ3n) is 5.93. The molecule has 1 atom stereocenters. The number of rotatable bonds is 9. The summed E-state index contributed by atoms with van der Waals surface area (Å²) in [6, 6.07) is 7.28. The van der Waals surface area contributed by atoms with Crippen LogP contribution in [0.2, 0.25) is 0 Å². The number of nitrogens with zero attached hydrogens (tertiary/aromatic N) is 4. The van der Waals surface area contributed by atoms with E-state index < -0.39 is 0 Å². The fourth-order valence-corrected chi connectivity index (χ4v) is 4.42. The molecule has 0 saturated carbocycles. The van der Waals surface area contributed by atoms with Gasteiger partial charge in [-0.05, 0) is 43.5 Å². The van der Waals surface area contributed by atoms with Crippen LogP contribution in [0.3, 0.4) is 0 Å². The number of imidazole rings is 1. The molecular formula is C25H31N5O4. The van der Waals surface area contributed by atoms with Gasteiger partial charge in [0, 0.05) is 57.5 Å². The molecule has 3 aromatic rings. The summed E-state index contributed by atoms with van der Waals surface area (Å²) in [6.07, 6.45) is 6.27. The summed E-state index contributed by atoms with van der Waals surface area (Å²) in [5.41, 5.74) is 3.23. The molecule has 9 heteroatoms. The first-order valence-corrected chi connectivity index (χ1v) is 11.6. The highest BCUT2D eigenvalue weighted by Crippen LogP contribution is 2.30. The topological polar surface area (TPSA) is 98.6 Å². The van der Waals surface area contributed by atoms with Crippen LogP contribution in [0, 0.1) is 0 Å². The molecular weight excluding hydrogens is 434 g/mol. The van der Waals surface area contributed by atoms with Crippen molar-refractivity contribution >= 4 is 28.5 Å². The lowest BCUT2D eigenvalue weighted by atomic mass is 10.1. The van der Waals surface area contributed by atoms with E-state index in [1.165, 1.54) is 7.11 Å². The van der Waals surface area contributed by atoms with E-state index in [2.05, 4.69) is 17.2 Å². The van der Waals surface area contributed by atoms with Crippen molar-refractivity contribution in [2.45, 2.75) is 32.3 Å². The highest BCUT2D eigenvalue weighted by atomic mass is 16.5. The molecule has 1 aliphatic heterocycles. The van der Waals surface area contributed by atoms with E-state index >= 15 is 0 Å². The second-order valence-electron chi connectivity index (χ2n) is 8.49. The summed E-state index contributed by atoms with van der Waals surface area (Å²) in [6.45, 7) is 3.88. The number of aryl methyl sites for hydroxylation is 1. The highest BCUT2D eigenvalue weighted by molar-refractivity contribution is 6.08. The molecule has 1 saturated heterocycles. The van der Waals surface area contributed by atoms with Crippen LogP contribution in [0.25, 0.3) is 22.4 Å². The van der Waals surface area contributed by atoms with Gasteiger partial charge in [0.1, 0.15) is 12.4 Å². The van der Waals surface area contributed by atoms with Crippen molar-refractivity contribution in [1.29, 1.82) is 0 Å². The quantitative estimate of drug-likeness (QED) is 0.521. The lowest BCUT2D eigenvalue weighted by molar-refractivity contribution is -0.119. The standard InChI is InChI=1S/C25H31N5O4/c1-4-11-30(15-19-6-5-12-34-19)25(32)20-13-18(27-22(31)16-33-3)14-21-23(20)29(2)24(28-21)17-7-9-26-10-8-17/h7-10,13-14,19H,4-6,11-12,15-16H2,1-3H3,(H,27,31). The van der Waals surface area contributed by atoms with Crippen LogP contribution < -0.4 is 5.32 Å². The first-order chi connectivity index (χ1) is 16.5. The fraction of sp³-hybridized carbons (Fsp3) is 0.440. The van der Waals surface area contributed by atoms with Crippen molar-refractivity contribution in [2.24, 2.45) is 7.05 Å². The van der Waals surface area contributed by atoms with E-state index in [4.69, 9.17) is 14.5 Å². The maximum atomic E-state index is 13.9.